The zero-order valence-electron chi connectivity index (χ0n) is 15.4. The fourth-order valence-electron chi connectivity index (χ4n) is 2.91. The van der Waals surface area contributed by atoms with Crippen molar-refractivity contribution in [3.63, 3.8) is 0 Å². The Hall–Kier alpha value is -3.16. The zero-order chi connectivity index (χ0) is 18.3. The molecule has 4 aromatic heterocycles. The minimum atomic E-state index is 0.535. The SMILES string of the molecule is Cc1cn2c(Nc3cc(C)[nH]n3)nc(-c3cnn(CC(C)C)c3)cc2n1. The number of nitrogens with zero attached hydrogens (tertiary/aromatic N) is 6. The first-order valence-corrected chi connectivity index (χ1v) is 8.66. The third-order valence-electron chi connectivity index (χ3n) is 4.00. The molecule has 0 saturated heterocycles. The maximum absolute atomic E-state index is 4.79. The first kappa shape index (κ1) is 16.3. The van der Waals surface area contributed by atoms with Crippen LogP contribution in [0, 0.1) is 19.8 Å². The highest BCUT2D eigenvalue weighted by Crippen LogP contribution is 2.23. The second-order valence-electron chi connectivity index (χ2n) is 6.98. The maximum atomic E-state index is 4.79. The third-order valence-corrected chi connectivity index (χ3v) is 4.00. The van der Waals surface area contributed by atoms with E-state index in [1.165, 1.54) is 0 Å². The molecule has 0 aromatic carbocycles. The molecule has 4 aromatic rings. The number of aryl methyl sites for hydroxylation is 2. The molecule has 0 aliphatic rings. The lowest BCUT2D eigenvalue weighted by Gasteiger charge is -2.08. The van der Waals surface area contributed by atoms with Gasteiger partial charge in [-0.3, -0.25) is 14.2 Å². The van der Waals surface area contributed by atoms with E-state index in [0.717, 1.165) is 40.7 Å². The van der Waals surface area contributed by atoms with Crippen LogP contribution in [0.4, 0.5) is 11.8 Å². The molecule has 0 bridgehead atoms. The smallest absolute Gasteiger partial charge is 0.215 e. The average molecular weight is 350 g/mol. The van der Waals surface area contributed by atoms with Crippen LogP contribution in [-0.2, 0) is 6.54 Å². The van der Waals surface area contributed by atoms with Gasteiger partial charge in [0.2, 0.25) is 5.95 Å². The summed E-state index contributed by atoms with van der Waals surface area (Å²) in [6.07, 6.45) is 5.83. The minimum Gasteiger partial charge on any atom is -0.308 e. The monoisotopic (exact) mass is 350 g/mol. The van der Waals surface area contributed by atoms with Crippen molar-refractivity contribution in [2.45, 2.75) is 34.2 Å². The summed E-state index contributed by atoms with van der Waals surface area (Å²) >= 11 is 0. The van der Waals surface area contributed by atoms with Gasteiger partial charge in [-0.15, -0.1) is 0 Å². The molecular weight excluding hydrogens is 328 g/mol. The lowest BCUT2D eigenvalue weighted by molar-refractivity contribution is 0.483. The van der Waals surface area contributed by atoms with Crippen LogP contribution in [0.2, 0.25) is 0 Å². The molecule has 4 rings (SSSR count). The van der Waals surface area contributed by atoms with Crippen molar-refractivity contribution in [3.8, 4) is 11.3 Å². The van der Waals surface area contributed by atoms with Gasteiger partial charge in [0.25, 0.3) is 0 Å². The van der Waals surface area contributed by atoms with Crippen molar-refractivity contribution >= 4 is 17.4 Å². The number of H-pyrrole nitrogens is 1. The Morgan fingerprint density at radius 3 is 2.73 bits per heavy atom. The van der Waals surface area contributed by atoms with Crippen molar-refractivity contribution in [1.29, 1.82) is 0 Å². The molecular formula is C18H22N8. The zero-order valence-corrected chi connectivity index (χ0v) is 15.4. The molecule has 8 nitrogen and oxygen atoms in total. The molecule has 0 spiro atoms. The summed E-state index contributed by atoms with van der Waals surface area (Å²) in [5, 5.41) is 14.9. The molecule has 0 aliphatic carbocycles. The van der Waals surface area contributed by atoms with E-state index in [-0.39, 0.29) is 0 Å². The number of hydrogen-bond donors (Lipinski definition) is 2. The van der Waals surface area contributed by atoms with E-state index in [9.17, 15) is 0 Å². The van der Waals surface area contributed by atoms with Crippen LogP contribution in [-0.4, -0.2) is 34.3 Å². The second-order valence-corrected chi connectivity index (χ2v) is 6.98. The molecule has 0 unspecified atom stereocenters. The topological polar surface area (TPSA) is 88.7 Å². The van der Waals surface area contributed by atoms with Gasteiger partial charge in [0.15, 0.2) is 5.82 Å². The maximum Gasteiger partial charge on any atom is 0.215 e. The number of anilines is 2. The predicted molar refractivity (Wildman–Crippen MR) is 100 cm³/mol. The summed E-state index contributed by atoms with van der Waals surface area (Å²) in [6.45, 7) is 9.15. The number of hydrogen-bond acceptors (Lipinski definition) is 5. The normalized spacial score (nSPS) is 11.6. The molecule has 0 amide bonds. The van der Waals surface area contributed by atoms with Crippen molar-refractivity contribution in [1.82, 2.24) is 34.3 Å². The van der Waals surface area contributed by atoms with Crippen LogP contribution in [0.1, 0.15) is 25.2 Å². The number of rotatable bonds is 5. The summed E-state index contributed by atoms with van der Waals surface area (Å²) in [5.41, 5.74) is 4.54. The number of imidazole rings is 1. The predicted octanol–water partition coefficient (Wildman–Crippen LogP) is 3.33. The van der Waals surface area contributed by atoms with Crippen molar-refractivity contribution < 1.29 is 0 Å². The van der Waals surface area contributed by atoms with E-state index >= 15 is 0 Å². The molecule has 0 fully saturated rings. The van der Waals surface area contributed by atoms with Crippen molar-refractivity contribution in [3.05, 3.63) is 42.1 Å². The van der Waals surface area contributed by atoms with Gasteiger partial charge in [-0.05, 0) is 19.8 Å². The average Bonchev–Trinajstić information content (AvgIpc) is 3.26. The van der Waals surface area contributed by atoms with Crippen LogP contribution in [0.5, 0.6) is 0 Å². The largest absolute Gasteiger partial charge is 0.308 e. The fourth-order valence-corrected chi connectivity index (χ4v) is 2.91. The van der Waals surface area contributed by atoms with E-state index in [0.29, 0.717) is 11.9 Å². The van der Waals surface area contributed by atoms with Gasteiger partial charge in [0.05, 0.1) is 17.6 Å². The molecule has 4 heterocycles. The Bertz CT molecular complexity index is 1050. The lowest BCUT2D eigenvalue weighted by atomic mass is 10.2. The van der Waals surface area contributed by atoms with E-state index < -0.39 is 0 Å². The van der Waals surface area contributed by atoms with Gasteiger partial charge in [-0.1, -0.05) is 13.8 Å². The summed E-state index contributed by atoms with van der Waals surface area (Å²) in [4.78, 5) is 9.38. The Balaban J connectivity index is 1.76. The van der Waals surface area contributed by atoms with Crippen LogP contribution in [0.15, 0.2) is 30.7 Å². The highest BCUT2D eigenvalue weighted by molar-refractivity contribution is 5.66. The van der Waals surface area contributed by atoms with E-state index in [1.807, 2.05) is 53.7 Å². The first-order chi connectivity index (χ1) is 12.5. The molecule has 0 aliphatic heterocycles. The van der Waals surface area contributed by atoms with Gasteiger partial charge in [-0.25, -0.2) is 9.97 Å². The van der Waals surface area contributed by atoms with Crippen molar-refractivity contribution in [2.75, 3.05) is 5.32 Å². The Kier molecular flexibility index (Phi) is 3.95. The Labute approximate surface area is 151 Å². The van der Waals surface area contributed by atoms with Gasteiger partial charge in [0.1, 0.15) is 5.65 Å². The molecule has 26 heavy (non-hydrogen) atoms. The highest BCUT2D eigenvalue weighted by atomic mass is 15.3. The quantitative estimate of drug-likeness (QED) is 0.576. The fraction of sp³-hybridized carbons (Fsp3) is 0.333. The molecule has 0 atom stereocenters. The van der Waals surface area contributed by atoms with Crippen LogP contribution < -0.4 is 5.32 Å². The minimum absolute atomic E-state index is 0.535. The summed E-state index contributed by atoms with van der Waals surface area (Å²) < 4.78 is 3.88. The van der Waals surface area contributed by atoms with Gasteiger partial charge >= 0.3 is 0 Å². The van der Waals surface area contributed by atoms with Crippen molar-refractivity contribution in [2.24, 2.45) is 5.92 Å². The molecule has 134 valence electrons. The summed E-state index contributed by atoms with van der Waals surface area (Å²) in [6, 6.07) is 3.91. The standard InChI is InChI=1S/C18H22N8/c1-11(2)8-25-10-14(7-19-25)15-6-17-20-13(4)9-26(17)18(21-15)22-16-5-12(3)23-24-16/h5-7,9-11H,8H2,1-4H3,(H2,21,22,23,24). The number of nitrogens with one attached hydrogen (secondary N) is 2. The summed E-state index contributed by atoms with van der Waals surface area (Å²) in [7, 11) is 0. The molecule has 0 radical (unpaired) electrons. The first-order valence-electron chi connectivity index (χ1n) is 8.66. The van der Waals surface area contributed by atoms with E-state index in [2.05, 4.69) is 39.4 Å². The van der Waals surface area contributed by atoms with E-state index in [4.69, 9.17) is 4.98 Å². The third kappa shape index (κ3) is 3.17. The van der Waals surface area contributed by atoms with Gasteiger partial charge < -0.3 is 5.32 Å². The van der Waals surface area contributed by atoms with Crippen LogP contribution in [0.3, 0.4) is 0 Å². The second kappa shape index (κ2) is 6.29. The summed E-state index contributed by atoms with van der Waals surface area (Å²) in [5.74, 6) is 1.92. The van der Waals surface area contributed by atoms with E-state index in [1.54, 1.807) is 0 Å². The molecule has 0 saturated carbocycles. The van der Waals surface area contributed by atoms with Gasteiger partial charge in [-0.2, -0.15) is 10.2 Å². The Morgan fingerprint density at radius 1 is 1.15 bits per heavy atom. The van der Waals surface area contributed by atoms with Crippen LogP contribution in [0.25, 0.3) is 16.9 Å². The Morgan fingerprint density at radius 2 is 2.00 bits per heavy atom. The number of fused-ring (bicyclic) bond motifs is 1. The highest BCUT2D eigenvalue weighted by Gasteiger charge is 2.12. The van der Waals surface area contributed by atoms with Gasteiger partial charge in [0, 0.05) is 42.3 Å². The molecule has 2 N–H and O–H groups in total. The van der Waals surface area contributed by atoms with Crippen LogP contribution >= 0.6 is 0 Å². The number of aromatic amines is 1. The number of aromatic nitrogens is 7. The molecule has 8 heteroatoms. The lowest BCUT2D eigenvalue weighted by Crippen LogP contribution is -2.04.